The average molecular weight is 221 g/mol. The summed E-state index contributed by atoms with van der Waals surface area (Å²) in [5, 5.41) is 0. The first-order valence-corrected chi connectivity index (χ1v) is 4.61. The SMILES string of the molecule is C=Cc1cn(-c2ccnc(C(F)F)c2)cn1. The molecular formula is C11H9F2N3. The van der Waals surface area contributed by atoms with E-state index in [9.17, 15) is 8.78 Å². The van der Waals surface area contributed by atoms with Crippen molar-refractivity contribution in [2.45, 2.75) is 6.43 Å². The van der Waals surface area contributed by atoms with Crippen molar-refractivity contribution in [1.29, 1.82) is 0 Å². The lowest BCUT2D eigenvalue weighted by Crippen LogP contribution is -1.95. The maximum Gasteiger partial charge on any atom is 0.280 e. The topological polar surface area (TPSA) is 30.7 Å². The van der Waals surface area contributed by atoms with E-state index in [1.807, 2.05) is 0 Å². The van der Waals surface area contributed by atoms with Gasteiger partial charge in [0.15, 0.2) is 0 Å². The number of aromatic nitrogens is 3. The zero-order valence-electron chi connectivity index (χ0n) is 8.35. The molecule has 2 rings (SSSR count). The molecule has 16 heavy (non-hydrogen) atoms. The lowest BCUT2D eigenvalue weighted by atomic mass is 10.3. The van der Waals surface area contributed by atoms with Crippen molar-refractivity contribution >= 4 is 6.08 Å². The predicted molar refractivity (Wildman–Crippen MR) is 56.4 cm³/mol. The fourth-order valence-corrected chi connectivity index (χ4v) is 1.30. The Balaban J connectivity index is 2.39. The summed E-state index contributed by atoms with van der Waals surface area (Å²) in [7, 11) is 0. The first-order chi connectivity index (χ1) is 7.70. The van der Waals surface area contributed by atoms with Crippen LogP contribution >= 0.6 is 0 Å². The smallest absolute Gasteiger partial charge is 0.280 e. The summed E-state index contributed by atoms with van der Waals surface area (Å²) in [6.07, 6.45) is 3.62. The zero-order valence-corrected chi connectivity index (χ0v) is 8.35. The number of halogens is 2. The van der Waals surface area contributed by atoms with E-state index in [0.29, 0.717) is 11.4 Å². The third-order valence-electron chi connectivity index (χ3n) is 2.10. The Bertz CT molecular complexity index is 505. The van der Waals surface area contributed by atoms with Gasteiger partial charge in [-0.3, -0.25) is 4.98 Å². The summed E-state index contributed by atoms with van der Waals surface area (Å²) in [4.78, 5) is 7.61. The van der Waals surface area contributed by atoms with Crippen LogP contribution in [0.25, 0.3) is 11.8 Å². The maximum absolute atomic E-state index is 12.4. The van der Waals surface area contributed by atoms with Gasteiger partial charge in [-0.1, -0.05) is 6.58 Å². The van der Waals surface area contributed by atoms with Gasteiger partial charge in [0, 0.05) is 12.4 Å². The molecule has 0 unspecified atom stereocenters. The summed E-state index contributed by atoms with van der Waals surface area (Å²) in [5.41, 5.74) is 1.05. The van der Waals surface area contributed by atoms with Gasteiger partial charge in [0.25, 0.3) is 6.43 Å². The van der Waals surface area contributed by atoms with Crippen molar-refractivity contribution in [3.63, 3.8) is 0 Å². The van der Waals surface area contributed by atoms with Gasteiger partial charge in [0.05, 0.1) is 17.7 Å². The Morgan fingerprint density at radius 3 is 2.81 bits per heavy atom. The van der Waals surface area contributed by atoms with E-state index in [-0.39, 0.29) is 5.69 Å². The third kappa shape index (κ3) is 1.98. The predicted octanol–water partition coefficient (Wildman–Crippen LogP) is 2.85. The standard InChI is InChI=1S/C11H9F2N3/c1-2-8-6-16(7-15-8)9-3-4-14-10(5-9)11(12)13/h2-7,11H,1H2. The van der Waals surface area contributed by atoms with Crippen LogP contribution in [-0.2, 0) is 0 Å². The molecule has 5 heteroatoms. The van der Waals surface area contributed by atoms with Gasteiger partial charge in [-0.05, 0) is 18.2 Å². The van der Waals surface area contributed by atoms with Gasteiger partial charge in [-0.25, -0.2) is 13.8 Å². The van der Waals surface area contributed by atoms with E-state index in [2.05, 4.69) is 16.5 Å². The van der Waals surface area contributed by atoms with E-state index in [0.717, 1.165) is 0 Å². The van der Waals surface area contributed by atoms with E-state index in [4.69, 9.17) is 0 Å². The second-order valence-electron chi connectivity index (χ2n) is 3.15. The van der Waals surface area contributed by atoms with Gasteiger partial charge in [0.1, 0.15) is 5.69 Å². The molecule has 82 valence electrons. The van der Waals surface area contributed by atoms with Gasteiger partial charge < -0.3 is 4.57 Å². The molecule has 0 atom stereocenters. The van der Waals surface area contributed by atoms with Crippen molar-refractivity contribution in [3.8, 4) is 5.69 Å². The lowest BCUT2D eigenvalue weighted by Gasteiger charge is -2.03. The normalized spacial score (nSPS) is 10.7. The number of nitrogens with zero attached hydrogens (tertiary/aromatic N) is 3. The molecule has 2 aromatic rings. The highest BCUT2D eigenvalue weighted by Crippen LogP contribution is 2.18. The molecule has 0 spiro atoms. The highest BCUT2D eigenvalue weighted by molar-refractivity contribution is 5.42. The molecule has 0 radical (unpaired) electrons. The minimum Gasteiger partial charge on any atom is -0.306 e. The fourth-order valence-electron chi connectivity index (χ4n) is 1.30. The Hall–Kier alpha value is -2.04. The number of alkyl halides is 2. The molecule has 0 aliphatic carbocycles. The molecule has 0 aliphatic heterocycles. The molecule has 0 saturated carbocycles. The molecule has 0 aromatic carbocycles. The minimum atomic E-state index is -2.57. The van der Waals surface area contributed by atoms with Crippen molar-refractivity contribution in [2.75, 3.05) is 0 Å². The molecule has 0 amide bonds. The molecule has 2 heterocycles. The van der Waals surface area contributed by atoms with Gasteiger partial charge in [-0.2, -0.15) is 0 Å². The van der Waals surface area contributed by atoms with Crippen LogP contribution in [0.15, 0.2) is 37.4 Å². The van der Waals surface area contributed by atoms with Crippen molar-refractivity contribution < 1.29 is 8.78 Å². The summed E-state index contributed by atoms with van der Waals surface area (Å²) in [6, 6.07) is 2.97. The van der Waals surface area contributed by atoms with E-state index < -0.39 is 6.43 Å². The minimum absolute atomic E-state index is 0.244. The second kappa shape index (κ2) is 4.22. The average Bonchev–Trinajstić information content (AvgIpc) is 2.77. The van der Waals surface area contributed by atoms with Gasteiger partial charge in [-0.15, -0.1) is 0 Å². The van der Waals surface area contributed by atoms with Crippen LogP contribution in [0.2, 0.25) is 0 Å². The number of imidazole rings is 1. The first kappa shape index (κ1) is 10.5. The Labute approximate surface area is 91.1 Å². The molecular weight excluding hydrogens is 212 g/mol. The van der Waals surface area contributed by atoms with E-state index in [1.165, 1.54) is 12.3 Å². The summed E-state index contributed by atoms with van der Waals surface area (Å²) in [5.74, 6) is 0. The monoisotopic (exact) mass is 221 g/mol. The summed E-state index contributed by atoms with van der Waals surface area (Å²) in [6.45, 7) is 3.58. The van der Waals surface area contributed by atoms with Crippen molar-refractivity contribution in [3.05, 3.63) is 48.8 Å². The van der Waals surface area contributed by atoms with Crippen LogP contribution in [0.3, 0.4) is 0 Å². The Kier molecular flexibility index (Phi) is 2.76. The van der Waals surface area contributed by atoms with Gasteiger partial charge >= 0.3 is 0 Å². The Morgan fingerprint density at radius 1 is 1.38 bits per heavy atom. The van der Waals surface area contributed by atoms with E-state index >= 15 is 0 Å². The van der Waals surface area contributed by atoms with Crippen LogP contribution in [0, 0.1) is 0 Å². The molecule has 0 N–H and O–H groups in total. The second-order valence-corrected chi connectivity index (χ2v) is 3.15. The Morgan fingerprint density at radius 2 is 2.19 bits per heavy atom. The summed E-state index contributed by atoms with van der Waals surface area (Å²) >= 11 is 0. The third-order valence-corrected chi connectivity index (χ3v) is 2.10. The van der Waals surface area contributed by atoms with Crippen LogP contribution in [0.5, 0.6) is 0 Å². The van der Waals surface area contributed by atoms with Crippen LogP contribution in [-0.4, -0.2) is 14.5 Å². The highest BCUT2D eigenvalue weighted by atomic mass is 19.3. The number of rotatable bonds is 3. The molecule has 0 bridgehead atoms. The largest absolute Gasteiger partial charge is 0.306 e. The number of hydrogen-bond acceptors (Lipinski definition) is 2. The fraction of sp³-hybridized carbons (Fsp3) is 0.0909. The molecule has 0 fully saturated rings. The highest BCUT2D eigenvalue weighted by Gasteiger charge is 2.09. The van der Waals surface area contributed by atoms with Gasteiger partial charge in [0.2, 0.25) is 0 Å². The van der Waals surface area contributed by atoms with E-state index in [1.54, 1.807) is 29.2 Å². The van der Waals surface area contributed by atoms with Crippen molar-refractivity contribution in [1.82, 2.24) is 14.5 Å². The van der Waals surface area contributed by atoms with Crippen LogP contribution in [0.1, 0.15) is 17.8 Å². The lowest BCUT2D eigenvalue weighted by molar-refractivity contribution is 0.146. The molecule has 0 saturated heterocycles. The molecule has 0 aliphatic rings. The number of hydrogen-bond donors (Lipinski definition) is 0. The van der Waals surface area contributed by atoms with Crippen LogP contribution < -0.4 is 0 Å². The molecule has 3 nitrogen and oxygen atoms in total. The number of pyridine rings is 1. The first-order valence-electron chi connectivity index (χ1n) is 4.61. The van der Waals surface area contributed by atoms with Crippen LogP contribution in [0.4, 0.5) is 8.78 Å². The molecule has 2 aromatic heterocycles. The zero-order chi connectivity index (χ0) is 11.5. The quantitative estimate of drug-likeness (QED) is 0.797. The maximum atomic E-state index is 12.4. The summed E-state index contributed by atoms with van der Waals surface area (Å²) < 4.78 is 26.5. The van der Waals surface area contributed by atoms with Crippen molar-refractivity contribution in [2.24, 2.45) is 0 Å².